The zero-order chi connectivity index (χ0) is 15.2. The monoisotopic (exact) mass is 304 g/mol. The lowest BCUT2D eigenvalue weighted by Crippen LogP contribution is -2.31. The summed E-state index contributed by atoms with van der Waals surface area (Å²) in [4.78, 5) is 17.7. The molecule has 0 unspecified atom stereocenters. The molecule has 0 atom stereocenters. The van der Waals surface area contributed by atoms with Gasteiger partial charge < -0.3 is 9.64 Å². The SMILES string of the molecule is Cc1cccc(OCCN(C)C(=O)c2cc(Cl)ccn2)c1. The lowest BCUT2D eigenvalue weighted by atomic mass is 10.2. The Morgan fingerprint density at radius 1 is 1.33 bits per heavy atom. The van der Waals surface area contributed by atoms with Gasteiger partial charge in [-0.15, -0.1) is 0 Å². The summed E-state index contributed by atoms with van der Waals surface area (Å²) in [5.41, 5.74) is 1.47. The number of ether oxygens (including phenoxy) is 1. The van der Waals surface area contributed by atoms with Crippen LogP contribution in [0.4, 0.5) is 0 Å². The van der Waals surface area contributed by atoms with E-state index in [9.17, 15) is 4.79 Å². The number of carbonyl (C=O) groups excluding carboxylic acids is 1. The minimum atomic E-state index is -0.176. The first kappa shape index (κ1) is 15.3. The molecule has 1 aromatic heterocycles. The second-order valence-corrected chi connectivity index (χ2v) is 5.19. The van der Waals surface area contributed by atoms with Crippen molar-refractivity contribution < 1.29 is 9.53 Å². The fraction of sp³-hybridized carbons (Fsp3) is 0.250. The van der Waals surface area contributed by atoms with Crippen LogP contribution in [0.2, 0.25) is 5.02 Å². The van der Waals surface area contributed by atoms with Gasteiger partial charge in [-0.25, -0.2) is 0 Å². The van der Waals surface area contributed by atoms with Crippen molar-refractivity contribution in [3.05, 3.63) is 58.9 Å². The second-order valence-electron chi connectivity index (χ2n) is 4.75. The molecule has 2 rings (SSSR count). The van der Waals surface area contributed by atoms with E-state index in [0.717, 1.165) is 11.3 Å². The third-order valence-electron chi connectivity index (χ3n) is 2.97. The molecule has 4 nitrogen and oxygen atoms in total. The number of halogens is 1. The Morgan fingerprint density at radius 3 is 2.86 bits per heavy atom. The Balaban J connectivity index is 1.87. The zero-order valence-electron chi connectivity index (χ0n) is 12.0. The van der Waals surface area contributed by atoms with E-state index in [4.69, 9.17) is 16.3 Å². The van der Waals surface area contributed by atoms with Gasteiger partial charge in [0.25, 0.3) is 5.91 Å². The van der Waals surface area contributed by atoms with E-state index in [1.807, 2.05) is 31.2 Å². The lowest BCUT2D eigenvalue weighted by Gasteiger charge is -2.17. The number of nitrogens with zero attached hydrogens (tertiary/aromatic N) is 2. The molecule has 0 bridgehead atoms. The largest absolute Gasteiger partial charge is 0.492 e. The Bertz CT molecular complexity index is 631. The summed E-state index contributed by atoms with van der Waals surface area (Å²) in [5.74, 6) is 0.627. The number of likely N-dealkylation sites (N-methyl/N-ethyl adjacent to an activating group) is 1. The number of benzene rings is 1. The molecule has 0 radical (unpaired) electrons. The lowest BCUT2D eigenvalue weighted by molar-refractivity contribution is 0.0768. The van der Waals surface area contributed by atoms with Gasteiger partial charge in [0.05, 0.1) is 6.54 Å². The van der Waals surface area contributed by atoms with Crippen LogP contribution in [-0.2, 0) is 0 Å². The molecule has 0 saturated heterocycles. The number of amides is 1. The van der Waals surface area contributed by atoms with Crippen LogP contribution in [0.25, 0.3) is 0 Å². The first-order valence-electron chi connectivity index (χ1n) is 6.63. The molecule has 21 heavy (non-hydrogen) atoms. The summed E-state index contributed by atoms with van der Waals surface area (Å²) in [6.07, 6.45) is 1.52. The molecular formula is C16H17ClN2O2. The number of pyridine rings is 1. The first-order valence-corrected chi connectivity index (χ1v) is 7.00. The Morgan fingerprint density at radius 2 is 2.14 bits per heavy atom. The van der Waals surface area contributed by atoms with Crippen molar-refractivity contribution in [3.63, 3.8) is 0 Å². The third kappa shape index (κ3) is 4.46. The average Bonchev–Trinajstić information content (AvgIpc) is 2.46. The van der Waals surface area contributed by atoms with Gasteiger partial charge >= 0.3 is 0 Å². The number of aryl methyl sites for hydroxylation is 1. The minimum absolute atomic E-state index is 0.176. The van der Waals surface area contributed by atoms with Crippen LogP contribution >= 0.6 is 11.6 Å². The van der Waals surface area contributed by atoms with Crippen LogP contribution < -0.4 is 4.74 Å². The molecular weight excluding hydrogens is 288 g/mol. The summed E-state index contributed by atoms with van der Waals surface area (Å²) < 4.78 is 5.63. The number of carbonyl (C=O) groups is 1. The fourth-order valence-corrected chi connectivity index (χ4v) is 1.98. The first-order chi connectivity index (χ1) is 10.1. The molecule has 0 spiro atoms. The van der Waals surface area contributed by atoms with Gasteiger partial charge in [0.15, 0.2) is 0 Å². The molecule has 2 aromatic rings. The highest BCUT2D eigenvalue weighted by Gasteiger charge is 2.13. The number of rotatable bonds is 5. The molecule has 0 N–H and O–H groups in total. The number of aromatic nitrogens is 1. The van der Waals surface area contributed by atoms with E-state index in [-0.39, 0.29) is 5.91 Å². The summed E-state index contributed by atoms with van der Waals surface area (Å²) in [6.45, 7) is 2.90. The quantitative estimate of drug-likeness (QED) is 0.852. The summed E-state index contributed by atoms with van der Waals surface area (Å²) in [6, 6.07) is 11.0. The van der Waals surface area contributed by atoms with Gasteiger partial charge in [-0.05, 0) is 36.8 Å². The van der Waals surface area contributed by atoms with Crippen LogP contribution in [0.5, 0.6) is 5.75 Å². The minimum Gasteiger partial charge on any atom is -0.492 e. The maximum Gasteiger partial charge on any atom is 0.272 e. The van der Waals surface area contributed by atoms with E-state index in [2.05, 4.69) is 4.98 Å². The van der Waals surface area contributed by atoms with Gasteiger partial charge in [-0.2, -0.15) is 0 Å². The third-order valence-corrected chi connectivity index (χ3v) is 3.21. The molecule has 5 heteroatoms. The van der Waals surface area contributed by atoms with Crippen LogP contribution in [0.1, 0.15) is 16.1 Å². The molecule has 0 aliphatic heterocycles. The maximum absolute atomic E-state index is 12.1. The van der Waals surface area contributed by atoms with Crippen molar-refractivity contribution in [1.29, 1.82) is 0 Å². The van der Waals surface area contributed by atoms with Crippen molar-refractivity contribution in [1.82, 2.24) is 9.88 Å². The summed E-state index contributed by atoms with van der Waals surface area (Å²) >= 11 is 5.86. The van der Waals surface area contributed by atoms with Crippen molar-refractivity contribution in [2.45, 2.75) is 6.92 Å². The van der Waals surface area contributed by atoms with Crippen molar-refractivity contribution in [3.8, 4) is 5.75 Å². The summed E-state index contributed by atoms with van der Waals surface area (Å²) in [7, 11) is 1.71. The normalized spacial score (nSPS) is 10.2. The number of hydrogen-bond donors (Lipinski definition) is 0. The Kier molecular flexibility index (Phi) is 5.17. The van der Waals surface area contributed by atoms with Crippen molar-refractivity contribution in [2.24, 2.45) is 0 Å². The zero-order valence-corrected chi connectivity index (χ0v) is 12.8. The molecule has 1 heterocycles. The second kappa shape index (κ2) is 7.09. The molecule has 1 aromatic carbocycles. The van der Waals surface area contributed by atoms with Crippen molar-refractivity contribution >= 4 is 17.5 Å². The Labute approximate surface area is 129 Å². The van der Waals surface area contributed by atoms with Gasteiger partial charge in [0, 0.05) is 18.3 Å². The van der Waals surface area contributed by atoms with E-state index in [1.165, 1.54) is 6.20 Å². The highest BCUT2D eigenvalue weighted by Crippen LogP contribution is 2.12. The van der Waals surface area contributed by atoms with Gasteiger partial charge in [0.2, 0.25) is 0 Å². The molecule has 0 fully saturated rings. The topological polar surface area (TPSA) is 42.4 Å². The Hall–Kier alpha value is -2.07. The van der Waals surface area contributed by atoms with Crippen LogP contribution in [-0.4, -0.2) is 36.0 Å². The average molecular weight is 305 g/mol. The van der Waals surface area contributed by atoms with Gasteiger partial charge in [-0.3, -0.25) is 9.78 Å². The molecule has 0 saturated carbocycles. The molecule has 0 aliphatic rings. The van der Waals surface area contributed by atoms with Gasteiger partial charge in [0.1, 0.15) is 18.1 Å². The predicted octanol–water partition coefficient (Wildman–Crippen LogP) is 3.19. The van der Waals surface area contributed by atoms with E-state index < -0.39 is 0 Å². The number of hydrogen-bond acceptors (Lipinski definition) is 3. The van der Waals surface area contributed by atoms with E-state index in [1.54, 1.807) is 24.1 Å². The standard InChI is InChI=1S/C16H17ClN2O2/c1-12-4-3-5-14(10-12)21-9-8-19(2)16(20)15-11-13(17)6-7-18-15/h3-7,10-11H,8-9H2,1-2H3. The van der Waals surface area contributed by atoms with Crippen LogP contribution in [0.3, 0.4) is 0 Å². The van der Waals surface area contributed by atoms with Crippen molar-refractivity contribution in [2.75, 3.05) is 20.2 Å². The van der Waals surface area contributed by atoms with E-state index >= 15 is 0 Å². The molecule has 110 valence electrons. The molecule has 1 amide bonds. The fourth-order valence-electron chi connectivity index (χ4n) is 1.82. The smallest absolute Gasteiger partial charge is 0.272 e. The summed E-state index contributed by atoms with van der Waals surface area (Å²) in [5, 5.41) is 0.498. The van der Waals surface area contributed by atoms with E-state index in [0.29, 0.717) is 23.9 Å². The predicted molar refractivity (Wildman–Crippen MR) is 82.9 cm³/mol. The maximum atomic E-state index is 12.1. The molecule has 0 aliphatic carbocycles. The van der Waals surface area contributed by atoms with Gasteiger partial charge in [-0.1, -0.05) is 23.7 Å². The van der Waals surface area contributed by atoms with Crippen LogP contribution in [0.15, 0.2) is 42.6 Å². The highest BCUT2D eigenvalue weighted by molar-refractivity contribution is 6.30. The highest BCUT2D eigenvalue weighted by atomic mass is 35.5. The van der Waals surface area contributed by atoms with Crippen LogP contribution in [0, 0.1) is 6.92 Å².